The van der Waals surface area contributed by atoms with Crippen molar-refractivity contribution in [1.29, 1.82) is 0 Å². The highest BCUT2D eigenvalue weighted by Crippen LogP contribution is 2.35. The molecule has 1 amide bonds. The summed E-state index contributed by atoms with van der Waals surface area (Å²) in [6.45, 7) is 7.99. The van der Waals surface area contributed by atoms with Gasteiger partial charge in [-0.15, -0.1) is 0 Å². The van der Waals surface area contributed by atoms with E-state index >= 15 is 0 Å². The fraction of sp³-hybridized carbons (Fsp3) is 0.261. The van der Waals surface area contributed by atoms with Crippen LogP contribution in [-0.2, 0) is 0 Å². The number of para-hydroxylation sites is 1. The molecule has 0 spiro atoms. The molecule has 3 nitrogen and oxygen atoms in total. The maximum atomic E-state index is 12.7. The SMILES string of the molecule is CC(C)N(C(=O)Oc1ccccc1-c1cccc2ccccc12)C(C)C. The molecule has 0 aliphatic rings. The first-order valence-corrected chi connectivity index (χ1v) is 9.06. The minimum absolute atomic E-state index is 0.0761. The van der Waals surface area contributed by atoms with Gasteiger partial charge in [-0.2, -0.15) is 0 Å². The summed E-state index contributed by atoms with van der Waals surface area (Å²) in [6.07, 6.45) is -0.317. The molecule has 0 aliphatic carbocycles. The number of carbonyl (C=O) groups is 1. The van der Waals surface area contributed by atoms with Crippen LogP contribution in [0.4, 0.5) is 4.79 Å². The minimum Gasteiger partial charge on any atom is -0.410 e. The molecule has 0 N–H and O–H groups in total. The molecule has 0 atom stereocenters. The second kappa shape index (κ2) is 7.61. The first-order chi connectivity index (χ1) is 12.5. The van der Waals surface area contributed by atoms with Crippen molar-refractivity contribution in [3.8, 4) is 16.9 Å². The van der Waals surface area contributed by atoms with Gasteiger partial charge in [0.05, 0.1) is 0 Å². The molecule has 26 heavy (non-hydrogen) atoms. The monoisotopic (exact) mass is 347 g/mol. The summed E-state index contributed by atoms with van der Waals surface area (Å²) in [6, 6.07) is 22.3. The predicted octanol–water partition coefficient (Wildman–Crippen LogP) is 6.12. The minimum atomic E-state index is -0.317. The number of nitrogens with zero attached hydrogens (tertiary/aromatic N) is 1. The molecule has 0 saturated carbocycles. The summed E-state index contributed by atoms with van der Waals surface area (Å²) in [5.41, 5.74) is 1.98. The Morgan fingerprint density at radius 3 is 2.08 bits per heavy atom. The Labute approximate surface area is 155 Å². The summed E-state index contributed by atoms with van der Waals surface area (Å²) in [4.78, 5) is 14.5. The van der Waals surface area contributed by atoms with Crippen molar-refractivity contribution in [3.05, 3.63) is 66.7 Å². The van der Waals surface area contributed by atoms with Gasteiger partial charge in [0.15, 0.2) is 0 Å². The Hall–Kier alpha value is -2.81. The molecular weight excluding hydrogens is 322 g/mol. The third-order valence-electron chi connectivity index (χ3n) is 4.49. The van der Waals surface area contributed by atoms with Gasteiger partial charge in [0, 0.05) is 17.6 Å². The lowest BCUT2D eigenvalue weighted by atomic mass is 9.98. The Kier molecular flexibility index (Phi) is 5.27. The number of hydrogen-bond acceptors (Lipinski definition) is 2. The van der Waals surface area contributed by atoms with Gasteiger partial charge in [-0.3, -0.25) is 0 Å². The molecule has 0 aromatic heterocycles. The van der Waals surface area contributed by atoms with Crippen LogP contribution < -0.4 is 4.74 Å². The molecule has 0 fully saturated rings. The lowest BCUT2D eigenvalue weighted by Crippen LogP contribution is -2.43. The van der Waals surface area contributed by atoms with E-state index in [-0.39, 0.29) is 18.2 Å². The fourth-order valence-electron chi connectivity index (χ4n) is 3.40. The average molecular weight is 347 g/mol. The number of hydrogen-bond donors (Lipinski definition) is 0. The zero-order valence-corrected chi connectivity index (χ0v) is 15.8. The zero-order chi connectivity index (χ0) is 18.7. The summed E-state index contributed by atoms with van der Waals surface area (Å²) >= 11 is 0. The number of benzene rings is 3. The normalized spacial score (nSPS) is 11.2. The maximum absolute atomic E-state index is 12.7. The molecule has 3 heteroatoms. The lowest BCUT2D eigenvalue weighted by Gasteiger charge is -2.29. The summed E-state index contributed by atoms with van der Waals surface area (Å²) in [5.74, 6) is 0.583. The third-order valence-corrected chi connectivity index (χ3v) is 4.49. The van der Waals surface area contributed by atoms with Crippen molar-refractivity contribution < 1.29 is 9.53 Å². The van der Waals surface area contributed by atoms with Crippen molar-refractivity contribution in [1.82, 2.24) is 4.90 Å². The Morgan fingerprint density at radius 1 is 0.769 bits per heavy atom. The summed E-state index contributed by atoms with van der Waals surface area (Å²) in [5, 5.41) is 2.31. The van der Waals surface area contributed by atoms with E-state index in [1.165, 1.54) is 0 Å². The van der Waals surface area contributed by atoms with Gasteiger partial charge < -0.3 is 9.64 Å². The number of ether oxygens (including phenoxy) is 1. The average Bonchev–Trinajstić information content (AvgIpc) is 2.61. The first-order valence-electron chi connectivity index (χ1n) is 9.06. The van der Waals surface area contributed by atoms with Crippen LogP contribution in [0.1, 0.15) is 27.7 Å². The predicted molar refractivity (Wildman–Crippen MR) is 108 cm³/mol. The number of fused-ring (bicyclic) bond motifs is 1. The Morgan fingerprint density at radius 2 is 1.35 bits per heavy atom. The highest BCUT2D eigenvalue weighted by molar-refractivity contribution is 5.98. The second-order valence-electron chi connectivity index (χ2n) is 6.99. The van der Waals surface area contributed by atoms with Gasteiger partial charge >= 0.3 is 6.09 Å². The van der Waals surface area contributed by atoms with Crippen LogP contribution in [0, 0.1) is 0 Å². The van der Waals surface area contributed by atoms with Crippen molar-refractivity contribution in [2.24, 2.45) is 0 Å². The highest BCUT2D eigenvalue weighted by atomic mass is 16.6. The van der Waals surface area contributed by atoms with E-state index in [1.54, 1.807) is 4.90 Å². The van der Waals surface area contributed by atoms with E-state index in [2.05, 4.69) is 24.3 Å². The van der Waals surface area contributed by atoms with E-state index in [1.807, 2.05) is 70.2 Å². The largest absolute Gasteiger partial charge is 0.415 e. The van der Waals surface area contributed by atoms with Crippen molar-refractivity contribution in [2.75, 3.05) is 0 Å². The van der Waals surface area contributed by atoms with Crippen LogP contribution in [0.3, 0.4) is 0 Å². The molecule has 0 aliphatic heterocycles. The smallest absolute Gasteiger partial charge is 0.410 e. The standard InChI is InChI=1S/C23H25NO2/c1-16(2)24(17(3)4)23(25)26-22-15-8-7-13-21(22)20-14-9-11-18-10-5-6-12-19(18)20/h5-17H,1-4H3. The molecule has 3 aromatic rings. The molecule has 0 bridgehead atoms. The number of rotatable bonds is 4. The molecule has 0 heterocycles. The van der Waals surface area contributed by atoms with Crippen LogP contribution in [0.25, 0.3) is 21.9 Å². The van der Waals surface area contributed by atoms with Gasteiger partial charge in [-0.1, -0.05) is 60.7 Å². The molecule has 0 radical (unpaired) electrons. The summed E-state index contributed by atoms with van der Waals surface area (Å²) in [7, 11) is 0. The van der Waals surface area contributed by atoms with E-state index in [9.17, 15) is 4.79 Å². The van der Waals surface area contributed by atoms with E-state index in [4.69, 9.17) is 4.74 Å². The molecule has 3 aromatic carbocycles. The lowest BCUT2D eigenvalue weighted by molar-refractivity contribution is 0.123. The Balaban J connectivity index is 2.03. The highest BCUT2D eigenvalue weighted by Gasteiger charge is 2.23. The maximum Gasteiger partial charge on any atom is 0.415 e. The van der Waals surface area contributed by atoms with E-state index < -0.39 is 0 Å². The van der Waals surface area contributed by atoms with Crippen molar-refractivity contribution >= 4 is 16.9 Å². The topological polar surface area (TPSA) is 29.5 Å². The van der Waals surface area contributed by atoms with Gasteiger partial charge in [0.2, 0.25) is 0 Å². The van der Waals surface area contributed by atoms with Gasteiger partial charge in [0.25, 0.3) is 0 Å². The molecule has 0 unspecified atom stereocenters. The van der Waals surface area contributed by atoms with Gasteiger partial charge in [-0.25, -0.2) is 4.79 Å². The zero-order valence-electron chi connectivity index (χ0n) is 15.8. The third kappa shape index (κ3) is 3.57. The van der Waals surface area contributed by atoms with Crippen LogP contribution in [0.15, 0.2) is 66.7 Å². The van der Waals surface area contributed by atoms with Gasteiger partial charge in [0.1, 0.15) is 5.75 Å². The quantitative estimate of drug-likeness (QED) is 0.568. The van der Waals surface area contributed by atoms with E-state index in [0.717, 1.165) is 21.9 Å². The fourth-order valence-corrected chi connectivity index (χ4v) is 3.40. The van der Waals surface area contributed by atoms with E-state index in [0.29, 0.717) is 5.75 Å². The van der Waals surface area contributed by atoms with Crippen LogP contribution in [0.2, 0.25) is 0 Å². The second-order valence-corrected chi connectivity index (χ2v) is 6.99. The van der Waals surface area contributed by atoms with Crippen LogP contribution >= 0.6 is 0 Å². The first kappa shape index (κ1) is 18.0. The van der Waals surface area contributed by atoms with Crippen molar-refractivity contribution in [2.45, 2.75) is 39.8 Å². The van der Waals surface area contributed by atoms with Crippen molar-refractivity contribution in [3.63, 3.8) is 0 Å². The molecular formula is C23H25NO2. The molecule has 3 rings (SSSR count). The summed E-state index contributed by atoms with van der Waals surface area (Å²) < 4.78 is 5.82. The number of amides is 1. The Bertz CT molecular complexity index is 901. The molecule has 0 saturated heterocycles. The molecule has 134 valence electrons. The van der Waals surface area contributed by atoms with Crippen LogP contribution in [-0.4, -0.2) is 23.1 Å². The number of carbonyl (C=O) groups excluding carboxylic acids is 1. The van der Waals surface area contributed by atoms with Crippen LogP contribution in [0.5, 0.6) is 5.75 Å². The van der Waals surface area contributed by atoms with Gasteiger partial charge in [-0.05, 0) is 50.1 Å².